The smallest absolute Gasteiger partial charge is 0.358 e. The summed E-state index contributed by atoms with van der Waals surface area (Å²) >= 11 is 0. The van der Waals surface area contributed by atoms with Gasteiger partial charge in [0.05, 0.1) is 19.3 Å². The summed E-state index contributed by atoms with van der Waals surface area (Å²) in [7, 11) is 1.34. The highest BCUT2D eigenvalue weighted by atomic mass is 16.5. The molecule has 1 amide bonds. The highest BCUT2D eigenvalue weighted by Crippen LogP contribution is 2.32. The van der Waals surface area contributed by atoms with Gasteiger partial charge in [0.2, 0.25) is 5.91 Å². The zero-order valence-corrected chi connectivity index (χ0v) is 10.2. The number of esters is 1. The van der Waals surface area contributed by atoms with Gasteiger partial charge in [0.1, 0.15) is 0 Å². The predicted octanol–water partition coefficient (Wildman–Crippen LogP) is 0.491. The Kier molecular flexibility index (Phi) is 2.57. The Morgan fingerprint density at radius 2 is 2.22 bits per heavy atom. The average Bonchev–Trinajstić information content (AvgIpc) is 3.16. The molecule has 0 saturated heterocycles. The summed E-state index contributed by atoms with van der Waals surface area (Å²) < 4.78 is 4.68. The second kappa shape index (κ2) is 4.12. The highest BCUT2D eigenvalue weighted by molar-refractivity contribution is 5.89. The zero-order chi connectivity index (χ0) is 12.7. The maximum absolute atomic E-state index is 12.0. The molecule has 1 aliphatic heterocycles. The molecule has 6 nitrogen and oxygen atoms in total. The molecule has 6 heteroatoms. The number of hydrogen-bond donors (Lipinski definition) is 1. The van der Waals surface area contributed by atoms with Crippen LogP contribution in [0.3, 0.4) is 0 Å². The van der Waals surface area contributed by atoms with Crippen LogP contribution in [0.1, 0.15) is 34.6 Å². The van der Waals surface area contributed by atoms with Crippen LogP contribution in [0.2, 0.25) is 0 Å². The fourth-order valence-corrected chi connectivity index (χ4v) is 2.36. The van der Waals surface area contributed by atoms with Crippen LogP contribution in [0.4, 0.5) is 0 Å². The number of aromatic amines is 1. The van der Waals surface area contributed by atoms with Gasteiger partial charge in [-0.1, -0.05) is 0 Å². The van der Waals surface area contributed by atoms with Gasteiger partial charge in [-0.2, -0.15) is 5.10 Å². The van der Waals surface area contributed by atoms with Crippen molar-refractivity contribution < 1.29 is 14.3 Å². The van der Waals surface area contributed by atoms with E-state index in [4.69, 9.17) is 0 Å². The Bertz CT molecular complexity index is 505. The molecule has 1 aromatic heterocycles. The van der Waals surface area contributed by atoms with Crippen LogP contribution >= 0.6 is 0 Å². The molecule has 0 atom stereocenters. The van der Waals surface area contributed by atoms with Crippen molar-refractivity contribution in [2.45, 2.75) is 25.8 Å². The number of fused-ring (bicyclic) bond motifs is 1. The van der Waals surface area contributed by atoms with Crippen molar-refractivity contribution in [1.82, 2.24) is 15.1 Å². The van der Waals surface area contributed by atoms with Gasteiger partial charge in [-0.05, 0) is 19.3 Å². The number of carbonyl (C=O) groups excluding carboxylic acids is 2. The first-order chi connectivity index (χ1) is 8.70. The van der Waals surface area contributed by atoms with Gasteiger partial charge in [-0.15, -0.1) is 0 Å². The molecule has 0 aromatic carbocycles. The number of aromatic nitrogens is 2. The van der Waals surface area contributed by atoms with Crippen LogP contribution in [0.15, 0.2) is 0 Å². The average molecular weight is 249 g/mol. The molecule has 1 N–H and O–H groups in total. The van der Waals surface area contributed by atoms with E-state index < -0.39 is 5.97 Å². The standard InChI is InChI=1S/C12H15N3O3/c1-18-12(17)10-8-4-5-15(6-9(8)13-14-10)11(16)7-2-3-7/h7H,2-6H2,1H3,(H,13,14). The number of ether oxygens (including phenoxy) is 1. The normalized spacial score (nSPS) is 18.4. The largest absolute Gasteiger partial charge is 0.464 e. The van der Waals surface area contributed by atoms with Gasteiger partial charge < -0.3 is 9.64 Å². The molecule has 3 rings (SSSR count). The first-order valence-corrected chi connectivity index (χ1v) is 6.14. The monoisotopic (exact) mass is 249 g/mol. The molecule has 0 bridgehead atoms. The fourth-order valence-electron chi connectivity index (χ4n) is 2.36. The van der Waals surface area contributed by atoms with E-state index in [2.05, 4.69) is 14.9 Å². The van der Waals surface area contributed by atoms with E-state index in [9.17, 15) is 9.59 Å². The lowest BCUT2D eigenvalue weighted by molar-refractivity contribution is -0.133. The Balaban J connectivity index is 1.79. The molecule has 2 aliphatic rings. The summed E-state index contributed by atoms with van der Waals surface area (Å²) in [5.41, 5.74) is 2.10. The van der Waals surface area contributed by atoms with Crippen molar-refractivity contribution in [3.05, 3.63) is 17.0 Å². The molecular weight excluding hydrogens is 234 g/mol. The third kappa shape index (κ3) is 1.77. The minimum Gasteiger partial charge on any atom is -0.464 e. The van der Waals surface area contributed by atoms with Gasteiger partial charge >= 0.3 is 5.97 Å². The quantitative estimate of drug-likeness (QED) is 0.774. The van der Waals surface area contributed by atoms with E-state index in [0.29, 0.717) is 25.2 Å². The van der Waals surface area contributed by atoms with Crippen molar-refractivity contribution in [3.63, 3.8) is 0 Å². The molecule has 18 heavy (non-hydrogen) atoms. The summed E-state index contributed by atoms with van der Waals surface area (Å²) in [5.74, 6) is 0.0406. The Morgan fingerprint density at radius 1 is 1.44 bits per heavy atom. The third-order valence-corrected chi connectivity index (χ3v) is 3.55. The van der Waals surface area contributed by atoms with Crippen LogP contribution < -0.4 is 0 Å². The SMILES string of the molecule is COC(=O)c1n[nH]c2c1CCN(C(=O)C1CC1)C2. The number of nitrogens with zero attached hydrogens (tertiary/aromatic N) is 2. The number of hydrogen-bond acceptors (Lipinski definition) is 4. The first kappa shape index (κ1) is 11.3. The zero-order valence-electron chi connectivity index (χ0n) is 10.2. The van der Waals surface area contributed by atoms with E-state index in [1.165, 1.54) is 7.11 Å². The topological polar surface area (TPSA) is 75.3 Å². The van der Waals surface area contributed by atoms with Gasteiger partial charge in [-0.3, -0.25) is 9.89 Å². The summed E-state index contributed by atoms with van der Waals surface area (Å²) in [6.45, 7) is 1.18. The number of amides is 1. The van der Waals surface area contributed by atoms with Gasteiger partial charge in [-0.25, -0.2) is 4.79 Å². The summed E-state index contributed by atoms with van der Waals surface area (Å²) in [5, 5.41) is 6.83. The van der Waals surface area contributed by atoms with Crippen LogP contribution in [-0.4, -0.2) is 40.6 Å². The lowest BCUT2D eigenvalue weighted by Crippen LogP contribution is -2.37. The minimum absolute atomic E-state index is 0.231. The lowest BCUT2D eigenvalue weighted by atomic mass is 10.0. The highest BCUT2D eigenvalue weighted by Gasteiger charge is 2.36. The van der Waals surface area contributed by atoms with E-state index in [-0.39, 0.29) is 11.8 Å². The maximum atomic E-state index is 12.0. The van der Waals surface area contributed by atoms with Crippen molar-refractivity contribution in [1.29, 1.82) is 0 Å². The third-order valence-electron chi connectivity index (χ3n) is 3.55. The van der Waals surface area contributed by atoms with Gasteiger partial charge in [0, 0.05) is 18.0 Å². The second-order valence-corrected chi connectivity index (χ2v) is 4.80. The molecule has 2 heterocycles. The summed E-state index contributed by atoms with van der Waals surface area (Å²) in [6, 6.07) is 0. The van der Waals surface area contributed by atoms with Crippen LogP contribution in [0.5, 0.6) is 0 Å². The van der Waals surface area contributed by atoms with Crippen molar-refractivity contribution in [2.24, 2.45) is 5.92 Å². The van der Waals surface area contributed by atoms with Crippen molar-refractivity contribution in [3.8, 4) is 0 Å². The molecule has 0 unspecified atom stereocenters. The van der Waals surface area contributed by atoms with E-state index in [1.807, 2.05) is 4.90 Å². The molecule has 1 fully saturated rings. The maximum Gasteiger partial charge on any atom is 0.358 e. The fraction of sp³-hybridized carbons (Fsp3) is 0.583. The molecular formula is C12H15N3O3. The molecule has 1 aliphatic carbocycles. The van der Waals surface area contributed by atoms with Gasteiger partial charge in [0.25, 0.3) is 0 Å². The van der Waals surface area contributed by atoms with Crippen LogP contribution in [-0.2, 0) is 22.5 Å². The lowest BCUT2D eigenvalue weighted by Gasteiger charge is -2.26. The molecule has 0 radical (unpaired) electrons. The Hall–Kier alpha value is -1.85. The molecule has 0 spiro atoms. The summed E-state index contributed by atoms with van der Waals surface area (Å²) in [6.07, 6.45) is 2.69. The van der Waals surface area contributed by atoms with E-state index >= 15 is 0 Å². The second-order valence-electron chi connectivity index (χ2n) is 4.80. The molecule has 96 valence electrons. The number of H-pyrrole nitrogens is 1. The van der Waals surface area contributed by atoms with Crippen LogP contribution in [0, 0.1) is 5.92 Å². The molecule has 1 saturated carbocycles. The van der Waals surface area contributed by atoms with E-state index in [1.54, 1.807) is 0 Å². The molecule has 1 aromatic rings. The Morgan fingerprint density at radius 3 is 2.89 bits per heavy atom. The van der Waals surface area contributed by atoms with Gasteiger partial charge in [0.15, 0.2) is 5.69 Å². The predicted molar refractivity (Wildman–Crippen MR) is 61.8 cm³/mol. The van der Waals surface area contributed by atoms with Crippen molar-refractivity contribution in [2.75, 3.05) is 13.7 Å². The van der Waals surface area contributed by atoms with E-state index in [0.717, 1.165) is 24.1 Å². The number of carbonyl (C=O) groups is 2. The van der Waals surface area contributed by atoms with Crippen LogP contribution in [0.25, 0.3) is 0 Å². The number of nitrogens with one attached hydrogen (secondary N) is 1. The number of methoxy groups -OCH3 is 1. The van der Waals surface area contributed by atoms with Crippen molar-refractivity contribution >= 4 is 11.9 Å². The number of rotatable bonds is 2. The Labute approximate surface area is 104 Å². The first-order valence-electron chi connectivity index (χ1n) is 6.14. The summed E-state index contributed by atoms with van der Waals surface area (Å²) in [4.78, 5) is 25.3. The minimum atomic E-state index is -0.422.